The van der Waals surface area contributed by atoms with Crippen LogP contribution in [0, 0.1) is 11.8 Å². The van der Waals surface area contributed by atoms with E-state index in [0.29, 0.717) is 0 Å². The van der Waals surface area contributed by atoms with Crippen molar-refractivity contribution in [3.05, 3.63) is 0 Å². The van der Waals surface area contributed by atoms with Crippen molar-refractivity contribution in [1.82, 2.24) is 4.90 Å². The lowest BCUT2D eigenvalue weighted by atomic mass is 9.90. The van der Waals surface area contributed by atoms with Gasteiger partial charge in [-0.25, -0.2) is 0 Å². The highest BCUT2D eigenvalue weighted by molar-refractivity contribution is 4.78. The Kier molecular flexibility index (Phi) is 4.24. The minimum absolute atomic E-state index is 0.801. The van der Waals surface area contributed by atoms with Gasteiger partial charge in [-0.2, -0.15) is 0 Å². The lowest BCUT2D eigenvalue weighted by Gasteiger charge is -2.38. The minimum atomic E-state index is 0.801. The van der Waals surface area contributed by atoms with E-state index < -0.39 is 0 Å². The number of hydrogen-bond acceptors (Lipinski definition) is 1. The fourth-order valence-electron chi connectivity index (χ4n) is 2.67. The molecule has 0 amide bonds. The average molecular weight is 183 g/mol. The van der Waals surface area contributed by atoms with E-state index in [-0.39, 0.29) is 0 Å². The summed E-state index contributed by atoms with van der Waals surface area (Å²) in [7, 11) is 0. The maximum atomic E-state index is 2.68. The molecule has 78 valence electrons. The van der Waals surface area contributed by atoms with Gasteiger partial charge in [-0.3, -0.25) is 0 Å². The van der Waals surface area contributed by atoms with Gasteiger partial charge in [0.1, 0.15) is 0 Å². The summed E-state index contributed by atoms with van der Waals surface area (Å²) in [5.41, 5.74) is 0. The monoisotopic (exact) mass is 183 g/mol. The first-order valence-electron chi connectivity index (χ1n) is 5.87. The number of piperidine rings is 1. The molecule has 1 fully saturated rings. The first-order chi connectivity index (χ1) is 6.13. The molecule has 1 rings (SSSR count). The first-order valence-corrected chi connectivity index (χ1v) is 5.87. The van der Waals surface area contributed by atoms with Crippen LogP contribution < -0.4 is 0 Å². The summed E-state index contributed by atoms with van der Waals surface area (Å²) in [4.78, 5) is 2.68. The van der Waals surface area contributed by atoms with E-state index in [1.165, 1.54) is 32.4 Å². The summed E-state index contributed by atoms with van der Waals surface area (Å²) >= 11 is 0. The van der Waals surface area contributed by atoms with Crippen molar-refractivity contribution >= 4 is 0 Å². The molecule has 0 N–H and O–H groups in total. The van der Waals surface area contributed by atoms with Crippen LogP contribution in [0.5, 0.6) is 0 Å². The van der Waals surface area contributed by atoms with Gasteiger partial charge in [-0.15, -0.1) is 0 Å². The van der Waals surface area contributed by atoms with Crippen molar-refractivity contribution < 1.29 is 0 Å². The molecular weight excluding hydrogens is 158 g/mol. The summed E-state index contributed by atoms with van der Waals surface area (Å²) in [6.45, 7) is 12.1. The van der Waals surface area contributed by atoms with E-state index in [0.717, 1.165) is 17.9 Å². The molecule has 1 heterocycles. The Balaban J connectivity index is 2.40. The molecule has 0 aromatic heterocycles. The SMILES string of the molecule is CCCC(C)N1CC(C)CC(C)C1. The minimum Gasteiger partial charge on any atom is -0.300 e. The van der Waals surface area contributed by atoms with E-state index >= 15 is 0 Å². The molecule has 13 heavy (non-hydrogen) atoms. The number of nitrogens with zero attached hydrogens (tertiary/aromatic N) is 1. The van der Waals surface area contributed by atoms with Crippen LogP contribution in [0.25, 0.3) is 0 Å². The Labute approximate surface area is 83.5 Å². The lowest BCUT2D eigenvalue weighted by molar-refractivity contribution is 0.0984. The smallest absolute Gasteiger partial charge is 0.00670 e. The maximum Gasteiger partial charge on any atom is 0.00670 e. The van der Waals surface area contributed by atoms with Crippen molar-refractivity contribution in [2.24, 2.45) is 11.8 Å². The van der Waals surface area contributed by atoms with Gasteiger partial charge >= 0.3 is 0 Å². The zero-order valence-electron chi connectivity index (χ0n) is 9.71. The van der Waals surface area contributed by atoms with E-state index in [2.05, 4.69) is 32.6 Å². The largest absolute Gasteiger partial charge is 0.300 e. The van der Waals surface area contributed by atoms with Crippen LogP contribution in [0.15, 0.2) is 0 Å². The molecule has 1 aliphatic heterocycles. The van der Waals surface area contributed by atoms with Gasteiger partial charge in [0.2, 0.25) is 0 Å². The summed E-state index contributed by atoms with van der Waals surface area (Å²) in [5.74, 6) is 1.81. The third-order valence-electron chi connectivity index (χ3n) is 3.23. The second kappa shape index (κ2) is 4.99. The van der Waals surface area contributed by atoms with Crippen molar-refractivity contribution in [3.63, 3.8) is 0 Å². The van der Waals surface area contributed by atoms with Crippen molar-refractivity contribution in [2.75, 3.05) is 13.1 Å². The summed E-state index contributed by atoms with van der Waals surface area (Å²) in [6, 6.07) is 0.801. The number of likely N-dealkylation sites (tertiary alicyclic amines) is 1. The Morgan fingerprint density at radius 1 is 1.23 bits per heavy atom. The Morgan fingerprint density at radius 2 is 1.77 bits per heavy atom. The van der Waals surface area contributed by atoms with E-state index in [1.54, 1.807) is 0 Å². The molecule has 0 aliphatic carbocycles. The van der Waals surface area contributed by atoms with Crippen LogP contribution in [0.3, 0.4) is 0 Å². The predicted molar refractivity (Wildman–Crippen MR) is 58.9 cm³/mol. The van der Waals surface area contributed by atoms with E-state index in [4.69, 9.17) is 0 Å². The van der Waals surface area contributed by atoms with Gasteiger partial charge in [0.05, 0.1) is 0 Å². The maximum absolute atomic E-state index is 2.68. The van der Waals surface area contributed by atoms with Crippen LogP contribution in [0.4, 0.5) is 0 Å². The van der Waals surface area contributed by atoms with Crippen LogP contribution >= 0.6 is 0 Å². The fraction of sp³-hybridized carbons (Fsp3) is 1.00. The Morgan fingerprint density at radius 3 is 2.23 bits per heavy atom. The molecule has 0 aromatic rings. The lowest BCUT2D eigenvalue weighted by Crippen LogP contribution is -2.43. The quantitative estimate of drug-likeness (QED) is 0.649. The third-order valence-corrected chi connectivity index (χ3v) is 3.23. The highest BCUT2D eigenvalue weighted by Crippen LogP contribution is 2.23. The highest BCUT2D eigenvalue weighted by atomic mass is 15.2. The zero-order valence-corrected chi connectivity index (χ0v) is 9.71. The molecule has 1 saturated heterocycles. The van der Waals surface area contributed by atoms with Crippen molar-refractivity contribution in [3.8, 4) is 0 Å². The van der Waals surface area contributed by atoms with E-state index in [9.17, 15) is 0 Å². The number of hydrogen-bond donors (Lipinski definition) is 0. The second-order valence-corrected chi connectivity index (χ2v) is 5.04. The Hall–Kier alpha value is -0.0400. The van der Waals surface area contributed by atoms with Gasteiger partial charge in [0.15, 0.2) is 0 Å². The molecule has 3 atom stereocenters. The molecule has 0 spiro atoms. The molecule has 1 heteroatoms. The Bertz CT molecular complexity index is 134. The number of rotatable bonds is 3. The molecule has 1 nitrogen and oxygen atoms in total. The van der Waals surface area contributed by atoms with Gasteiger partial charge in [0, 0.05) is 19.1 Å². The molecule has 0 radical (unpaired) electrons. The van der Waals surface area contributed by atoms with Crippen LogP contribution in [0.1, 0.15) is 47.0 Å². The molecule has 0 saturated carbocycles. The molecule has 0 aromatic carbocycles. The zero-order chi connectivity index (χ0) is 9.84. The second-order valence-electron chi connectivity index (χ2n) is 5.04. The summed E-state index contributed by atoms with van der Waals surface area (Å²) in [5, 5.41) is 0. The summed E-state index contributed by atoms with van der Waals surface area (Å²) in [6.07, 6.45) is 4.11. The van der Waals surface area contributed by atoms with Crippen molar-refractivity contribution in [2.45, 2.75) is 53.0 Å². The highest BCUT2D eigenvalue weighted by Gasteiger charge is 2.24. The summed E-state index contributed by atoms with van der Waals surface area (Å²) < 4.78 is 0. The van der Waals surface area contributed by atoms with Gasteiger partial charge in [0.25, 0.3) is 0 Å². The topological polar surface area (TPSA) is 3.24 Å². The fourth-order valence-corrected chi connectivity index (χ4v) is 2.67. The van der Waals surface area contributed by atoms with Crippen LogP contribution in [-0.4, -0.2) is 24.0 Å². The molecule has 1 aliphatic rings. The first kappa shape index (κ1) is 11.0. The van der Waals surface area contributed by atoms with Gasteiger partial charge < -0.3 is 4.90 Å². The third kappa shape index (κ3) is 3.30. The van der Waals surface area contributed by atoms with E-state index in [1.807, 2.05) is 0 Å². The van der Waals surface area contributed by atoms with Crippen LogP contribution in [-0.2, 0) is 0 Å². The molecule has 0 bridgehead atoms. The standard InChI is InChI=1S/C12H25N/c1-5-6-12(4)13-8-10(2)7-11(3)9-13/h10-12H,5-9H2,1-4H3. The van der Waals surface area contributed by atoms with Gasteiger partial charge in [-0.1, -0.05) is 27.2 Å². The normalized spacial score (nSPS) is 33.2. The van der Waals surface area contributed by atoms with Gasteiger partial charge in [-0.05, 0) is 31.6 Å². The average Bonchev–Trinajstić information content (AvgIpc) is 2.03. The molecule has 3 unspecified atom stereocenters. The predicted octanol–water partition coefficient (Wildman–Crippen LogP) is 3.15. The molecular formula is C12H25N. The van der Waals surface area contributed by atoms with Crippen molar-refractivity contribution in [1.29, 1.82) is 0 Å². The van der Waals surface area contributed by atoms with Crippen LogP contribution in [0.2, 0.25) is 0 Å².